The Labute approximate surface area is 137 Å². The molecule has 0 aromatic heterocycles. The summed E-state index contributed by atoms with van der Waals surface area (Å²) in [4.78, 5) is 11.7. The average molecular weight is 313 g/mol. The van der Waals surface area contributed by atoms with E-state index in [1.807, 2.05) is 55.5 Å². The number of carbonyl (C=O) groups is 1. The van der Waals surface area contributed by atoms with Gasteiger partial charge in [-0.25, -0.2) is 0 Å². The van der Waals surface area contributed by atoms with Gasteiger partial charge in [0.15, 0.2) is 6.61 Å². The van der Waals surface area contributed by atoms with E-state index in [4.69, 9.17) is 9.47 Å². The number of nitrogens with one attached hydrogen (secondary N) is 1. The zero-order chi connectivity index (χ0) is 16.3. The van der Waals surface area contributed by atoms with Gasteiger partial charge in [-0.3, -0.25) is 4.79 Å². The lowest BCUT2D eigenvalue weighted by atomic mass is 10.1. The molecule has 0 unspecified atom stereocenters. The molecular formula is C19H23NO3. The number of benzene rings is 2. The molecule has 0 spiro atoms. The van der Waals surface area contributed by atoms with Gasteiger partial charge in [0.05, 0.1) is 6.61 Å². The van der Waals surface area contributed by atoms with Crippen LogP contribution in [0, 0.1) is 0 Å². The molecule has 0 atom stereocenters. The monoisotopic (exact) mass is 313 g/mol. The van der Waals surface area contributed by atoms with Crippen LogP contribution in [0.25, 0.3) is 0 Å². The fourth-order valence-corrected chi connectivity index (χ4v) is 2.23. The van der Waals surface area contributed by atoms with Crippen LogP contribution in [0.1, 0.15) is 18.9 Å². The number of amides is 1. The number of carbonyl (C=O) groups excluding carboxylic acids is 1. The molecular weight excluding hydrogens is 290 g/mol. The minimum atomic E-state index is -0.105. The summed E-state index contributed by atoms with van der Waals surface area (Å²) in [6, 6.07) is 17.3. The van der Waals surface area contributed by atoms with E-state index in [2.05, 4.69) is 11.4 Å². The Kier molecular flexibility index (Phi) is 6.98. The Morgan fingerprint density at radius 1 is 1.00 bits per heavy atom. The largest absolute Gasteiger partial charge is 0.494 e. The lowest BCUT2D eigenvalue weighted by molar-refractivity contribution is -0.123. The summed E-state index contributed by atoms with van der Waals surface area (Å²) >= 11 is 0. The summed E-state index contributed by atoms with van der Waals surface area (Å²) < 4.78 is 11.0. The maximum absolute atomic E-state index is 11.7. The molecule has 0 fully saturated rings. The second-order valence-electron chi connectivity index (χ2n) is 5.10. The van der Waals surface area contributed by atoms with Gasteiger partial charge >= 0.3 is 0 Å². The van der Waals surface area contributed by atoms with Crippen molar-refractivity contribution in [2.24, 2.45) is 0 Å². The van der Waals surface area contributed by atoms with Crippen LogP contribution in [-0.4, -0.2) is 25.7 Å². The number of hydrogen-bond donors (Lipinski definition) is 1. The summed E-state index contributed by atoms with van der Waals surface area (Å²) in [5.74, 6) is 1.52. The predicted molar refractivity (Wildman–Crippen MR) is 90.9 cm³/mol. The highest BCUT2D eigenvalue weighted by atomic mass is 16.5. The van der Waals surface area contributed by atoms with Crippen molar-refractivity contribution in [2.75, 3.05) is 19.8 Å². The highest BCUT2D eigenvalue weighted by molar-refractivity contribution is 5.77. The Hall–Kier alpha value is -2.49. The second-order valence-corrected chi connectivity index (χ2v) is 5.10. The van der Waals surface area contributed by atoms with Crippen LogP contribution in [0.4, 0.5) is 0 Å². The van der Waals surface area contributed by atoms with E-state index >= 15 is 0 Å². The van der Waals surface area contributed by atoms with Crippen molar-refractivity contribution in [3.8, 4) is 11.5 Å². The van der Waals surface area contributed by atoms with E-state index < -0.39 is 0 Å². The first-order valence-corrected chi connectivity index (χ1v) is 7.95. The molecule has 0 saturated carbocycles. The fourth-order valence-electron chi connectivity index (χ4n) is 2.23. The van der Waals surface area contributed by atoms with Crippen molar-refractivity contribution in [1.29, 1.82) is 0 Å². The first kappa shape index (κ1) is 16.9. The molecule has 4 nitrogen and oxygen atoms in total. The standard InChI is InChI=1S/C19H23NO3/c1-2-22-18-13-7-6-9-16(18)10-8-14-20-19(21)15-23-17-11-4-3-5-12-17/h3-7,9,11-13H,2,8,10,14-15H2,1H3,(H,20,21). The van der Waals surface area contributed by atoms with Gasteiger partial charge in [-0.05, 0) is 43.5 Å². The number of ether oxygens (including phenoxy) is 2. The third kappa shape index (κ3) is 6.02. The zero-order valence-corrected chi connectivity index (χ0v) is 13.5. The lowest BCUT2D eigenvalue weighted by Crippen LogP contribution is -2.29. The van der Waals surface area contributed by atoms with Crippen LogP contribution >= 0.6 is 0 Å². The van der Waals surface area contributed by atoms with E-state index in [1.54, 1.807) is 0 Å². The molecule has 0 saturated heterocycles. The van der Waals surface area contributed by atoms with E-state index in [0.717, 1.165) is 18.6 Å². The van der Waals surface area contributed by atoms with Gasteiger partial charge in [0.1, 0.15) is 11.5 Å². The van der Waals surface area contributed by atoms with Crippen molar-refractivity contribution >= 4 is 5.91 Å². The first-order chi connectivity index (χ1) is 11.3. The Balaban J connectivity index is 1.66. The molecule has 0 aliphatic carbocycles. The molecule has 1 N–H and O–H groups in total. The van der Waals surface area contributed by atoms with Crippen molar-refractivity contribution in [2.45, 2.75) is 19.8 Å². The summed E-state index contributed by atoms with van der Waals surface area (Å²) in [6.45, 7) is 3.30. The number of hydrogen-bond acceptors (Lipinski definition) is 3. The van der Waals surface area contributed by atoms with Crippen molar-refractivity contribution in [3.05, 3.63) is 60.2 Å². The summed E-state index contributed by atoms with van der Waals surface area (Å²) in [7, 11) is 0. The minimum Gasteiger partial charge on any atom is -0.494 e. The van der Waals surface area contributed by atoms with E-state index in [1.165, 1.54) is 5.56 Å². The summed E-state index contributed by atoms with van der Waals surface area (Å²) in [5.41, 5.74) is 1.17. The molecule has 0 aliphatic heterocycles. The smallest absolute Gasteiger partial charge is 0.257 e. The van der Waals surface area contributed by atoms with Gasteiger partial charge < -0.3 is 14.8 Å². The molecule has 0 bridgehead atoms. The first-order valence-electron chi connectivity index (χ1n) is 7.95. The van der Waals surface area contributed by atoms with E-state index in [0.29, 0.717) is 18.9 Å². The fraction of sp³-hybridized carbons (Fsp3) is 0.316. The quantitative estimate of drug-likeness (QED) is 0.723. The summed E-state index contributed by atoms with van der Waals surface area (Å²) in [6.07, 6.45) is 1.73. The van der Waals surface area contributed by atoms with Crippen molar-refractivity contribution in [1.82, 2.24) is 5.32 Å². The van der Waals surface area contributed by atoms with Crippen LogP contribution in [0.3, 0.4) is 0 Å². The Morgan fingerprint density at radius 2 is 1.74 bits per heavy atom. The van der Waals surface area contributed by atoms with Crippen LogP contribution in [0.2, 0.25) is 0 Å². The molecule has 2 aromatic rings. The molecule has 0 heterocycles. The molecule has 2 aromatic carbocycles. The van der Waals surface area contributed by atoms with Gasteiger partial charge in [-0.2, -0.15) is 0 Å². The van der Waals surface area contributed by atoms with Gasteiger partial charge in [-0.1, -0.05) is 36.4 Å². The van der Waals surface area contributed by atoms with Crippen molar-refractivity contribution < 1.29 is 14.3 Å². The molecule has 0 radical (unpaired) electrons. The van der Waals surface area contributed by atoms with Gasteiger partial charge in [0.2, 0.25) is 0 Å². The maximum atomic E-state index is 11.7. The summed E-state index contributed by atoms with van der Waals surface area (Å²) in [5, 5.41) is 2.87. The number of aryl methyl sites for hydroxylation is 1. The molecule has 4 heteroatoms. The minimum absolute atomic E-state index is 0.0412. The van der Waals surface area contributed by atoms with Gasteiger partial charge in [-0.15, -0.1) is 0 Å². The SMILES string of the molecule is CCOc1ccccc1CCCNC(=O)COc1ccccc1. The topological polar surface area (TPSA) is 47.6 Å². The molecule has 23 heavy (non-hydrogen) atoms. The lowest BCUT2D eigenvalue weighted by Gasteiger charge is -2.10. The zero-order valence-electron chi connectivity index (χ0n) is 13.5. The number of rotatable bonds is 9. The van der Waals surface area contributed by atoms with E-state index in [9.17, 15) is 4.79 Å². The van der Waals surface area contributed by atoms with Crippen LogP contribution in [-0.2, 0) is 11.2 Å². The predicted octanol–water partition coefficient (Wildman–Crippen LogP) is 3.21. The molecule has 122 valence electrons. The van der Waals surface area contributed by atoms with E-state index in [-0.39, 0.29) is 12.5 Å². The maximum Gasteiger partial charge on any atom is 0.257 e. The van der Waals surface area contributed by atoms with Crippen LogP contribution < -0.4 is 14.8 Å². The van der Waals surface area contributed by atoms with Gasteiger partial charge in [0, 0.05) is 6.54 Å². The normalized spacial score (nSPS) is 10.1. The van der Waals surface area contributed by atoms with Gasteiger partial charge in [0.25, 0.3) is 5.91 Å². The molecule has 1 amide bonds. The Bertz CT molecular complexity index is 599. The van der Waals surface area contributed by atoms with Crippen LogP contribution in [0.5, 0.6) is 11.5 Å². The molecule has 0 aliphatic rings. The third-order valence-electron chi connectivity index (χ3n) is 3.33. The third-order valence-corrected chi connectivity index (χ3v) is 3.33. The molecule has 2 rings (SSSR count). The highest BCUT2D eigenvalue weighted by Crippen LogP contribution is 2.19. The average Bonchev–Trinajstić information content (AvgIpc) is 2.59. The highest BCUT2D eigenvalue weighted by Gasteiger charge is 2.04. The Morgan fingerprint density at radius 3 is 2.52 bits per heavy atom. The van der Waals surface area contributed by atoms with Crippen molar-refractivity contribution in [3.63, 3.8) is 0 Å². The number of para-hydroxylation sites is 2. The van der Waals surface area contributed by atoms with Crippen LogP contribution in [0.15, 0.2) is 54.6 Å². The second kappa shape index (κ2) is 9.51.